The molecule has 0 atom stereocenters. The first kappa shape index (κ1) is 22.6. The minimum absolute atomic E-state index is 0.0770. The molecule has 0 saturated carbocycles. The molecule has 2 aliphatic rings. The number of carbonyl (C=O) groups excluding carboxylic acids is 1. The standard InChI is InChI=1S/C29H30N6O/c1-33-13-15-35(16-14-33)29(36)23-6-4-5-22(17-23)28-25-18-21(7-9-26(25)31-20-32-28)24-8-10-27(30-19-24)34-11-2-3-12-34/h4-10,17-20H,2-3,11-16H2,1H3. The summed E-state index contributed by atoms with van der Waals surface area (Å²) in [7, 11) is 2.09. The van der Waals surface area contributed by atoms with E-state index in [1.54, 1.807) is 6.33 Å². The van der Waals surface area contributed by atoms with E-state index in [0.717, 1.165) is 78.4 Å². The summed E-state index contributed by atoms with van der Waals surface area (Å²) in [5.74, 6) is 1.12. The number of aromatic nitrogens is 3. The molecule has 0 radical (unpaired) electrons. The van der Waals surface area contributed by atoms with Gasteiger partial charge in [-0.15, -0.1) is 0 Å². The molecular weight excluding hydrogens is 448 g/mol. The fraction of sp³-hybridized carbons (Fsp3) is 0.310. The van der Waals surface area contributed by atoms with E-state index in [2.05, 4.69) is 51.1 Å². The molecule has 36 heavy (non-hydrogen) atoms. The number of amides is 1. The van der Waals surface area contributed by atoms with E-state index >= 15 is 0 Å². The van der Waals surface area contributed by atoms with Crippen molar-refractivity contribution in [2.75, 3.05) is 51.2 Å². The monoisotopic (exact) mass is 478 g/mol. The molecule has 4 heterocycles. The zero-order valence-electron chi connectivity index (χ0n) is 20.6. The molecule has 7 nitrogen and oxygen atoms in total. The molecule has 6 rings (SSSR count). The maximum absolute atomic E-state index is 13.2. The van der Waals surface area contributed by atoms with Gasteiger partial charge in [0.15, 0.2) is 0 Å². The highest BCUT2D eigenvalue weighted by Crippen LogP contribution is 2.31. The highest BCUT2D eigenvalue weighted by Gasteiger charge is 2.21. The predicted octanol–water partition coefficient (Wildman–Crippen LogP) is 4.35. The van der Waals surface area contributed by atoms with Crippen molar-refractivity contribution in [3.8, 4) is 22.4 Å². The molecule has 1 amide bonds. The zero-order chi connectivity index (χ0) is 24.5. The van der Waals surface area contributed by atoms with E-state index in [1.807, 2.05) is 41.4 Å². The molecule has 0 spiro atoms. The van der Waals surface area contributed by atoms with Crippen LogP contribution in [0.5, 0.6) is 0 Å². The number of carbonyl (C=O) groups is 1. The summed E-state index contributed by atoms with van der Waals surface area (Å²) < 4.78 is 0. The van der Waals surface area contributed by atoms with E-state index in [1.165, 1.54) is 12.8 Å². The van der Waals surface area contributed by atoms with Crippen LogP contribution in [0.1, 0.15) is 23.2 Å². The van der Waals surface area contributed by atoms with Crippen molar-refractivity contribution in [3.63, 3.8) is 0 Å². The van der Waals surface area contributed by atoms with E-state index in [9.17, 15) is 4.79 Å². The van der Waals surface area contributed by atoms with Crippen molar-refractivity contribution < 1.29 is 4.79 Å². The van der Waals surface area contributed by atoms with Crippen LogP contribution in [0, 0.1) is 0 Å². The highest BCUT2D eigenvalue weighted by atomic mass is 16.2. The van der Waals surface area contributed by atoms with E-state index in [0.29, 0.717) is 5.56 Å². The Kier molecular flexibility index (Phi) is 6.07. The second kappa shape index (κ2) is 9.66. The third kappa shape index (κ3) is 4.42. The lowest BCUT2D eigenvalue weighted by Gasteiger charge is -2.32. The summed E-state index contributed by atoms with van der Waals surface area (Å²) in [5, 5.41) is 0.961. The maximum atomic E-state index is 13.2. The van der Waals surface area contributed by atoms with Gasteiger partial charge in [-0.3, -0.25) is 4.79 Å². The molecule has 2 saturated heterocycles. The van der Waals surface area contributed by atoms with Gasteiger partial charge in [0.2, 0.25) is 0 Å². The number of rotatable bonds is 4. The lowest BCUT2D eigenvalue weighted by Crippen LogP contribution is -2.47. The minimum Gasteiger partial charge on any atom is -0.357 e. The van der Waals surface area contributed by atoms with Gasteiger partial charge in [-0.05, 0) is 61.9 Å². The number of hydrogen-bond donors (Lipinski definition) is 0. The number of fused-ring (bicyclic) bond motifs is 1. The lowest BCUT2D eigenvalue weighted by atomic mass is 10.00. The summed E-state index contributed by atoms with van der Waals surface area (Å²) in [6, 6.07) is 18.3. The Bertz CT molecular complexity index is 1390. The second-order valence-corrected chi connectivity index (χ2v) is 9.73. The molecule has 182 valence electrons. The first-order chi connectivity index (χ1) is 17.7. The van der Waals surface area contributed by atoms with Crippen LogP contribution in [0.4, 0.5) is 5.82 Å². The number of likely N-dealkylation sites (N-methyl/N-ethyl adjacent to an activating group) is 1. The van der Waals surface area contributed by atoms with Crippen LogP contribution in [-0.2, 0) is 0 Å². The fourth-order valence-corrected chi connectivity index (χ4v) is 5.15. The molecule has 4 aromatic rings. The largest absolute Gasteiger partial charge is 0.357 e. The third-order valence-corrected chi connectivity index (χ3v) is 7.32. The van der Waals surface area contributed by atoms with Gasteiger partial charge in [0.1, 0.15) is 12.1 Å². The van der Waals surface area contributed by atoms with Crippen LogP contribution in [0.25, 0.3) is 33.3 Å². The van der Waals surface area contributed by atoms with Crippen molar-refractivity contribution in [2.45, 2.75) is 12.8 Å². The number of anilines is 1. The Morgan fingerprint density at radius 3 is 2.36 bits per heavy atom. The predicted molar refractivity (Wildman–Crippen MR) is 143 cm³/mol. The Hall–Kier alpha value is -3.84. The van der Waals surface area contributed by atoms with Gasteiger partial charge in [-0.1, -0.05) is 18.2 Å². The smallest absolute Gasteiger partial charge is 0.253 e. The SMILES string of the molecule is CN1CCN(C(=O)c2cccc(-c3ncnc4ccc(-c5ccc(N6CCCC6)nc5)cc34)c2)CC1. The molecule has 2 fully saturated rings. The van der Waals surface area contributed by atoms with E-state index in [-0.39, 0.29) is 5.91 Å². The fourth-order valence-electron chi connectivity index (χ4n) is 5.15. The molecule has 2 aromatic heterocycles. The minimum atomic E-state index is 0.0770. The molecule has 2 aliphatic heterocycles. The first-order valence-corrected chi connectivity index (χ1v) is 12.7. The van der Waals surface area contributed by atoms with Crippen LogP contribution in [0.2, 0.25) is 0 Å². The van der Waals surface area contributed by atoms with Gasteiger partial charge in [-0.2, -0.15) is 0 Å². The van der Waals surface area contributed by atoms with Gasteiger partial charge in [0, 0.05) is 67.5 Å². The van der Waals surface area contributed by atoms with Crippen molar-refractivity contribution in [2.24, 2.45) is 0 Å². The molecule has 0 aliphatic carbocycles. The Morgan fingerprint density at radius 2 is 1.58 bits per heavy atom. The Morgan fingerprint density at radius 1 is 0.778 bits per heavy atom. The van der Waals surface area contributed by atoms with Crippen LogP contribution >= 0.6 is 0 Å². The number of hydrogen-bond acceptors (Lipinski definition) is 6. The van der Waals surface area contributed by atoms with Gasteiger partial charge in [0.25, 0.3) is 5.91 Å². The van der Waals surface area contributed by atoms with Gasteiger partial charge in [-0.25, -0.2) is 15.0 Å². The number of benzene rings is 2. The van der Waals surface area contributed by atoms with Crippen molar-refractivity contribution >= 4 is 22.6 Å². The second-order valence-electron chi connectivity index (χ2n) is 9.73. The molecule has 0 N–H and O–H groups in total. The van der Waals surface area contributed by atoms with Crippen LogP contribution in [0.15, 0.2) is 67.1 Å². The average molecular weight is 479 g/mol. The molecule has 2 aromatic carbocycles. The average Bonchev–Trinajstić information content (AvgIpc) is 3.48. The summed E-state index contributed by atoms with van der Waals surface area (Å²) in [4.78, 5) is 33.6. The normalized spacial score (nSPS) is 16.6. The van der Waals surface area contributed by atoms with Crippen molar-refractivity contribution in [3.05, 3.63) is 72.7 Å². The topological polar surface area (TPSA) is 65.5 Å². The quantitative estimate of drug-likeness (QED) is 0.435. The molecule has 0 unspecified atom stereocenters. The van der Waals surface area contributed by atoms with E-state index in [4.69, 9.17) is 4.98 Å². The molecule has 0 bridgehead atoms. The maximum Gasteiger partial charge on any atom is 0.253 e. The van der Waals surface area contributed by atoms with Gasteiger partial charge in [0.05, 0.1) is 11.2 Å². The zero-order valence-corrected chi connectivity index (χ0v) is 20.6. The summed E-state index contributed by atoms with van der Waals surface area (Å²) in [6.07, 6.45) is 6.02. The highest BCUT2D eigenvalue weighted by molar-refractivity contribution is 5.98. The first-order valence-electron chi connectivity index (χ1n) is 12.7. The number of nitrogens with zero attached hydrogens (tertiary/aromatic N) is 6. The van der Waals surface area contributed by atoms with Crippen molar-refractivity contribution in [1.82, 2.24) is 24.8 Å². The third-order valence-electron chi connectivity index (χ3n) is 7.32. The van der Waals surface area contributed by atoms with Crippen LogP contribution < -0.4 is 4.90 Å². The van der Waals surface area contributed by atoms with Gasteiger partial charge >= 0.3 is 0 Å². The van der Waals surface area contributed by atoms with Gasteiger partial charge < -0.3 is 14.7 Å². The summed E-state index contributed by atoms with van der Waals surface area (Å²) in [6.45, 7) is 5.48. The number of pyridine rings is 1. The lowest BCUT2D eigenvalue weighted by molar-refractivity contribution is 0.0664. The Balaban J connectivity index is 1.32. The number of piperazine rings is 1. The summed E-state index contributed by atoms with van der Waals surface area (Å²) >= 11 is 0. The van der Waals surface area contributed by atoms with Crippen LogP contribution in [0.3, 0.4) is 0 Å². The Labute approximate surface area is 211 Å². The summed E-state index contributed by atoms with van der Waals surface area (Å²) in [5.41, 5.74) is 5.46. The molecule has 7 heteroatoms. The van der Waals surface area contributed by atoms with Crippen molar-refractivity contribution in [1.29, 1.82) is 0 Å². The van der Waals surface area contributed by atoms with E-state index < -0.39 is 0 Å². The van der Waals surface area contributed by atoms with Crippen LogP contribution in [-0.4, -0.2) is 77.0 Å². The molecular formula is C29H30N6O.